The molecule has 4 rings (SSSR count). The fraction of sp³-hybridized carbons (Fsp3) is 0.579. The molecular formula is C19H21F3N2O2. The summed E-state index contributed by atoms with van der Waals surface area (Å²) in [5, 5.41) is 0. The average Bonchev–Trinajstić information content (AvgIpc) is 3.36. The third kappa shape index (κ3) is 2.68. The van der Waals surface area contributed by atoms with E-state index in [9.17, 15) is 22.8 Å². The van der Waals surface area contributed by atoms with Crippen LogP contribution in [0.4, 0.5) is 13.2 Å². The van der Waals surface area contributed by atoms with E-state index in [-0.39, 0.29) is 17.5 Å². The number of benzene rings is 1. The van der Waals surface area contributed by atoms with Crippen molar-refractivity contribution < 1.29 is 22.8 Å². The molecule has 140 valence electrons. The Balaban J connectivity index is 1.69. The van der Waals surface area contributed by atoms with Crippen molar-refractivity contribution in [3.63, 3.8) is 0 Å². The van der Waals surface area contributed by atoms with Crippen molar-refractivity contribution >= 4 is 11.8 Å². The summed E-state index contributed by atoms with van der Waals surface area (Å²) in [5.41, 5.74) is -2.26. The van der Waals surface area contributed by atoms with E-state index in [4.69, 9.17) is 0 Å². The van der Waals surface area contributed by atoms with Gasteiger partial charge in [-0.05, 0) is 50.7 Å². The lowest BCUT2D eigenvalue weighted by Crippen LogP contribution is -2.61. The van der Waals surface area contributed by atoms with E-state index in [0.29, 0.717) is 32.4 Å². The molecule has 3 aliphatic rings. The van der Waals surface area contributed by atoms with Crippen molar-refractivity contribution in [2.75, 3.05) is 13.1 Å². The molecule has 1 saturated carbocycles. The van der Waals surface area contributed by atoms with Crippen LogP contribution in [0, 0.1) is 0 Å². The largest absolute Gasteiger partial charge is 0.417 e. The Kier molecular flexibility index (Phi) is 4.00. The topological polar surface area (TPSA) is 40.6 Å². The van der Waals surface area contributed by atoms with Crippen LogP contribution < -0.4 is 0 Å². The second-order valence-corrected chi connectivity index (χ2v) is 7.47. The number of nitrogens with zero attached hydrogens (tertiary/aromatic N) is 2. The first-order chi connectivity index (χ1) is 12.3. The average molecular weight is 366 g/mol. The van der Waals surface area contributed by atoms with Gasteiger partial charge in [0.05, 0.1) is 11.1 Å². The van der Waals surface area contributed by atoms with Gasteiger partial charge in [-0.25, -0.2) is 0 Å². The van der Waals surface area contributed by atoms with Crippen molar-refractivity contribution in [1.82, 2.24) is 9.80 Å². The predicted octanol–water partition coefficient (Wildman–Crippen LogP) is 3.47. The van der Waals surface area contributed by atoms with E-state index in [1.807, 2.05) is 4.90 Å². The summed E-state index contributed by atoms with van der Waals surface area (Å²) in [7, 11) is 0. The molecule has 7 heteroatoms. The Labute approximate surface area is 149 Å². The fourth-order valence-corrected chi connectivity index (χ4v) is 4.47. The normalized spacial score (nSPS) is 26.7. The van der Waals surface area contributed by atoms with Gasteiger partial charge in [-0.3, -0.25) is 9.59 Å². The van der Waals surface area contributed by atoms with Crippen LogP contribution >= 0.6 is 0 Å². The van der Waals surface area contributed by atoms with Gasteiger partial charge in [-0.1, -0.05) is 12.1 Å². The minimum Gasteiger partial charge on any atom is -0.338 e. The molecule has 1 unspecified atom stereocenters. The Bertz CT molecular complexity index is 745. The molecule has 4 nitrogen and oxygen atoms in total. The maximum atomic E-state index is 13.3. The standard InChI is InChI=1S/C19H21F3N2O2/c20-19(21,22)15-6-2-1-5-14(15)16(25)24-12-4-10-18(24)9-3-11-23(17(18)26)13-7-8-13/h1-2,5-6,13H,3-4,7-12H2. The number of carbonyl (C=O) groups excluding carboxylic acids is 2. The summed E-state index contributed by atoms with van der Waals surface area (Å²) in [6.45, 7) is 1.02. The van der Waals surface area contributed by atoms with Gasteiger partial charge in [-0.2, -0.15) is 13.2 Å². The zero-order valence-electron chi connectivity index (χ0n) is 14.4. The summed E-state index contributed by atoms with van der Waals surface area (Å²) in [5.74, 6) is -0.747. The summed E-state index contributed by atoms with van der Waals surface area (Å²) < 4.78 is 40.0. The van der Waals surface area contributed by atoms with Crippen LogP contribution in [-0.2, 0) is 11.0 Å². The highest BCUT2D eigenvalue weighted by Crippen LogP contribution is 2.43. The van der Waals surface area contributed by atoms with Gasteiger partial charge in [0.15, 0.2) is 0 Å². The summed E-state index contributed by atoms with van der Waals surface area (Å²) in [4.78, 5) is 29.5. The molecule has 2 heterocycles. The lowest BCUT2D eigenvalue weighted by Gasteiger charge is -2.45. The van der Waals surface area contributed by atoms with Crippen LogP contribution in [0.5, 0.6) is 0 Å². The number of piperidine rings is 1. The molecule has 1 spiro atoms. The van der Waals surface area contributed by atoms with Gasteiger partial charge < -0.3 is 9.80 Å². The molecule has 0 radical (unpaired) electrons. The molecule has 1 aliphatic carbocycles. The minimum atomic E-state index is -4.60. The highest BCUT2D eigenvalue weighted by molar-refractivity contribution is 6.01. The van der Waals surface area contributed by atoms with Crippen LogP contribution in [0.2, 0.25) is 0 Å². The highest BCUT2D eigenvalue weighted by atomic mass is 19.4. The number of halogens is 3. The molecular weight excluding hydrogens is 345 g/mol. The Morgan fingerprint density at radius 1 is 1.08 bits per heavy atom. The molecule has 2 aliphatic heterocycles. The van der Waals surface area contributed by atoms with E-state index < -0.39 is 23.2 Å². The first-order valence-electron chi connectivity index (χ1n) is 9.14. The smallest absolute Gasteiger partial charge is 0.338 e. The maximum Gasteiger partial charge on any atom is 0.417 e. The van der Waals surface area contributed by atoms with Crippen molar-refractivity contribution in [3.05, 3.63) is 35.4 Å². The summed E-state index contributed by atoms with van der Waals surface area (Å²) in [6, 6.07) is 5.10. The van der Waals surface area contributed by atoms with Crippen LogP contribution in [0.25, 0.3) is 0 Å². The number of hydrogen-bond donors (Lipinski definition) is 0. The number of amides is 2. The first-order valence-corrected chi connectivity index (χ1v) is 9.14. The van der Waals surface area contributed by atoms with Crippen molar-refractivity contribution in [2.45, 2.75) is 56.3 Å². The van der Waals surface area contributed by atoms with E-state index >= 15 is 0 Å². The van der Waals surface area contributed by atoms with Crippen LogP contribution in [0.15, 0.2) is 24.3 Å². The molecule has 1 atom stereocenters. The second-order valence-electron chi connectivity index (χ2n) is 7.47. The molecule has 3 fully saturated rings. The zero-order valence-corrected chi connectivity index (χ0v) is 14.4. The fourth-order valence-electron chi connectivity index (χ4n) is 4.47. The van der Waals surface area contributed by atoms with E-state index in [1.165, 1.54) is 23.1 Å². The van der Waals surface area contributed by atoms with Gasteiger partial charge in [0.2, 0.25) is 5.91 Å². The summed E-state index contributed by atoms with van der Waals surface area (Å²) in [6.07, 6.45) is -0.143. The monoisotopic (exact) mass is 366 g/mol. The Hall–Kier alpha value is -2.05. The van der Waals surface area contributed by atoms with Gasteiger partial charge >= 0.3 is 6.18 Å². The molecule has 0 N–H and O–H groups in total. The lowest BCUT2D eigenvalue weighted by atomic mass is 9.84. The van der Waals surface area contributed by atoms with Crippen LogP contribution in [0.3, 0.4) is 0 Å². The number of carbonyl (C=O) groups is 2. The third-order valence-corrected chi connectivity index (χ3v) is 5.83. The minimum absolute atomic E-state index is 0.0680. The molecule has 1 aromatic rings. The van der Waals surface area contributed by atoms with E-state index in [2.05, 4.69) is 0 Å². The van der Waals surface area contributed by atoms with Crippen molar-refractivity contribution in [3.8, 4) is 0 Å². The summed E-state index contributed by atoms with van der Waals surface area (Å²) >= 11 is 0. The zero-order chi connectivity index (χ0) is 18.5. The molecule has 2 amide bonds. The molecule has 26 heavy (non-hydrogen) atoms. The first kappa shape index (κ1) is 17.4. The highest BCUT2D eigenvalue weighted by Gasteiger charge is 2.55. The lowest BCUT2D eigenvalue weighted by molar-refractivity contribution is -0.146. The quantitative estimate of drug-likeness (QED) is 0.804. The SMILES string of the molecule is O=C(c1ccccc1C(F)(F)F)N1CCCC12CCCN(C1CC1)C2=O. The molecule has 2 saturated heterocycles. The van der Waals surface area contributed by atoms with Gasteiger partial charge in [0.25, 0.3) is 5.91 Å². The van der Waals surface area contributed by atoms with Crippen molar-refractivity contribution in [1.29, 1.82) is 0 Å². The number of rotatable bonds is 2. The Morgan fingerprint density at radius 2 is 1.73 bits per heavy atom. The van der Waals surface area contributed by atoms with E-state index in [1.54, 1.807) is 0 Å². The predicted molar refractivity (Wildman–Crippen MR) is 88.4 cm³/mol. The second kappa shape index (κ2) is 5.99. The Morgan fingerprint density at radius 3 is 2.38 bits per heavy atom. The van der Waals surface area contributed by atoms with Crippen LogP contribution in [0.1, 0.15) is 54.4 Å². The maximum absolute atomic E-state index is 13.3. The number of hydrogen-bond acceptors (Lipinski definition) is 2. The molecule has 1 aromatic carbocycles. The number of alkyl halides is 3. The van der Waals surface area contributed by atoms with Gasteiger partial charge in [-0.15, -0.1) is 0 Å². The number of likely N-dealkylation sites (tertiary alicyclic amines) is 2. The van der Waals surface area contributed by atoms with Crippen molar-refractivity contribution in [2.24, 2.45) is 0 Å². The third-order valence-electron chi connectivity index (χ3n) is 5.83. The molecule has 0 aromatic heterocycles. The molecule has 0 bridgehead atoms. The van der Waals surface area contributed by atoms with Crippen LogP contribution in [-0.4, -0.2) is 46.3 Å². The van der Waals surface area contributed by atoms with E-state index in [0.717, 1.165) is 25.3 Å². The van der Waals surface area contributed by atoms with Gasteiger partial charge in [0, 0.05) is 19.1 Å². The van der Waals surface area contributed by atoms with Gasteiger partial charge in [0.1, 0.15) is 5.54 Å².